The third-order valence-corrected chi connectivity index (χ3v) is 6.56. The second-order valence-corrected chi connectivity index (χ2v) is 9.57. The molecule has 4 aliphatic carbocycles. The molecule has 0 heterocycles. The summed E-state index contributed by atoms with van der Waals surface area (Å²) in [4.78, 5) is 24.7. The molecule has 1 aromatic carbocycles. The van der Waals surface area contributed by atoms with E-state index in [-0.39, 0.29) is 23.3 Å². The minimum atomic E-state index is -0.389. The number of esters is 2. The van der Waals surface area contributed by atoms with Gasteiger partial charge in [-0.15, -0.1) is 0 Å². The number of rotatable bonds is 6. The van der Waals surface area contributed by atoms with E-state index in [1.807, 2.05) is 13.8 Å². The van der Waals surface area contributed by atoms with Crippen molar-refractivity contribution in [1.82, 2.24) is 0 Å². The Morgan fingerprint density at radius 1 is 0.963 bits per heavy atom. The van der Waals surface area contributed by atoms with Crippen LogP contribution in [0.2, 0.25) is 0 Å². The fourth-order valence-electron chi connectivity index (χ4n) is 5.87. The Morgan fingerprint density at radius 3 is 2.00 bits per heavy atom. The summed E-state index contributed by atoms with van der Waals surface area (Å²) in [5, 5.41) is 0. The van der Waals surface area contributed by atoms with Gasteiger partial charge in [-0.05, 0) is 80.4 Å². The van der Waals surface area contributed by atoms with E-state index in [4.69, 9.17) is 9.47 Å². The summed E-state index contributed by atoms with van der Waals surface area (Å²) in [7, 11) is 0. The Hall–Kier alpha value is -1.84. The average Bonchev–Trinajstić information content (AvgIpc) is 2.63. The Morgan fingerprint density at radius 2 is 1.48 bits per heavy atom. The summed E-state index contributed by atoms with van der Waals surface area (Å²) in [6, 6.07) is 6.69. The molecule has 0 aromatic heterocycles. The van der Waals surface area contributed by atoms with Gasteiger partial charge in [0.25, 0.3) is 0 Å². The third kappa shape index (κ3) is 4.04. The van der Waals surface area contributed by atoms with Crippen LogP contribution in [0.25, 0.3) is 0 Å². The van der Waals surface area contributed by atoms with Crippen molar-refractivity contribution in [2.24, 2.45) is 29.1 Å². The summed E-state index contributed by atoms with van der Waals surface area (Å²) in [6.07, 6.45) is 7.80. The van der Waals surface area contributed by atoms with Crippen molar-refractivity contribution < 1.29 is 19.1 Å². The van der Waals surface area contributed by atoms with Crippen LogP contribution in [0, 0.1) is 29.1 Å². The molecule has 0 radical (unpaired) electrons. The van der Waals surface area contributed by atoms with Gasteiger partial charge in [-0.3, -0.25) is 0 Å². The van der Waals surface area contributed by atoms with E-state index < -0.39 is 0 Å². The van der Waals surface area contributed by atoms with Gasteiger partial charge in [0.05, 0.1) is 24.3 Å². The van der Waals surface area contributed by atoms with Crippen molar-refractivity contribution in [3.63, 3.8) is 0 Å². The largest absolute Gasteiger partial charge is 0.462 e. The SMILES string of the molecule is CC(C)COC(=O)c1cccc(C(=O)OCC23CC4CC(CC(C4)C2)C3)c1. The normalized spacial score (nSPS) is 31.1. The predicted octanol–water partition coefficient (Wildman–Crippen LogP) is 4.87. The lowest BCUT2D eigenvalue weighted by atomic mass is 9.50. The molecule has 0 aliphatic heterocycles. The van der Waals surface area contributed by atoms with Crippen LogP contribution in [-0.4, -0.2) is 25.2 Å². The lowest BCUT2D eigenvalue weighted by Crippen LogP contribution is -2.48. The second-order valence-electron chi connectivity index (χ2n) is 9.57. The van der Waals surface area contributed by atoms with Crippen LogP contribution in [0.5, 0.6) is 0 Å². The van der Waals surface area contributed by atoms with Crippen molar-refractivity contribution >= 4 is 11.9 Å². The Labute approximate surface area is 161 Å². The van der Waals surface area contributed by atoms with E-state index in [1.165, 1.54) is 38.5 Å². The number of hydrogen-bond donors (Lipinski definition) is 0. The molecule has 4 nitrogen and oxygen atoms in total. The Balaban J connectivity index is 1.37. The van der Waals surface area contributed by atoms with Crippen LogP contribution in [0.4, 0.5) is 0 Å². The van der Waals surface area contributed by atoms with Gasteiger partial charge in [0.1, 0.15) is 0 Å². The molecule has 0 unspecified atom stereocenters. The molecule has 0 atom stereocenters. The van der Waals surface area contributed by atoms with Gasteiger partial charge in [0.15, 0.2) is 0 Å². The third-order valence-electron chi connectivity index (χ3n) is 6.56. The van der Waals surface area contributed by atoms with Gasteiger partial charge in [-0.25, -0.2) is 9.59 Å². The molecule has 4 heteroatoms. The van der Waals surface area contributed by atoms with E-state index in [9.17, 15) is 9.59 Å². The smallest absolute Gasteiger partial charge is 0.338 e. The Bertz CT molecular complexity index is 686. The first kappa shape index (κ1) is 18.5. The molecule has 1 aromatic rings. The number of carbonyl (C=O) groups is 2. The quantitative estimate of drug-likeness (QED) is 0.670. The highest BCUT2D eigenvalue weighted by Crippen LogP contribution is 2.60. The molecule has 4 fully saturated rings. The summed E-state index contributed by atoms with van der Waals surface area (Å²) in [5.74, 6) is 2.09. The van der Waals surface area contributed by atoms with Crippen molar-refractivity contribution in [3.05, 3.63) is 35.4 Å². The molecule has 4 aliphatic rings. The standard InChI is InChI=1S/C23H30O4/c1-15(2)13-26-21(24)19-4-3-5-20(9-19)22(25)27-14-23-10-16-6-17(11-23)8-18(7-16)12-23/h3-5,9,15-18H,6-8,10-14H2,1-2H3. The number of hydrogen-bond acceptors (Lipinski definition) is 4. The fourth-order valence-corrected chi connectivity index (χ4v) is 5.87. The molecule has 0 saturated heterocycles. The second kappa shape index (κ2) is 7.29. The van der Waals surface area contributed by atoms with E-state index in [1.54, 1.807) is 24.3 Å². The molecule has 5 rings (SSSR count). The molecule has 0 amide bonds. The maximum absolute atomic E-state index is 12.6. The lowest BCUT2D eigenvalue weighted by Gasteiger charge is -2.56. The van der Waals surface area contributed by atoms with Gasteiger partial charge < -0.3 is 9.47 Å². The first-order valence-electron chi connectivity index (χ1n) is 10.4. The maximum atomic E-state index is 12.6. The molecule has 4 saturated carbocycles. The minimum Gasteiger partial charge on any atom is -0.462 e. The zero-order chi connectivity index (χ0) is 19.0. The van der Waals surface area contributed by atoms with E-state index in [0.717, 1.165) is 17.8 Å². The molecular weight excluding hydrogens is 340 g/mol. The minimum absolute atomic E-state index is 0.207. The summed E-state index contributed by atoms with van der Waals surface area (Å²) < 4.78 is 11.0. The van der Waals surface area contributed by atoms with Crippen molar-refractivity contribution in [1.29, 1.82) is 0 Å². The lowest BCUT2D eigenvalue weighted by molar-refractivity contribution is -0.0848. The molecular formula is C23H30O4. The highest BCUT2D eigenvalue weighted by Gasteiger charge is 2.51. The number of benzene rings is 1. The summed E-state index contributed by atoms with van der Waals surface area (Å²) in [5.41, 5.74) is 1.04. The monoisotopic (exact) mass is 370 g/mol. The number of ether oxygens (including phenoxy) is 2. The molecule has 27 heavy (non-hydrogen) atoms. The summed E-state index contributed by atoms with van der Waals surface area (Å²) in [6.45, 7) is 4.88. The van der Waals surface area contributed by atoms with Crippen molar-refractivity contribution in [2.75, 3.05) is 13.2 Å². The van der Waals surface area contributed by atoms with Gasteiger partial charge >= 0.3 is 11.9 Å². The van der Waals surface area contributed by atoms with Gasteiger partial charge in [-0.1, -0.05) is 19.9 Å². The van der Waals surface area contributed by atoms with Crippen LogP contribution < -0.4 is 0 Å². The Kier molecular flexibility index (Phi) is 5.00. The first-order chi connectivity index (χ1) is 12.9. The topological polar surface area (TPSA) is 52.6 Å². The van der Waals surface area contributed by atoms with Gasteiger partial charge in [0, 0.05) is 5.41 Å². The highest BCUT2D eigenvalue weighted by molar-refractivity contribution is 5.95. The fraction of sp³-hybridized carbons (Fsp3) is 0.652. The van der Waals surface area contributed by atoms with Crippen LogP contribution in [0.15, 0.2) is 24.3 Å². The van der Waals surface area contributed by atoms with E-state index in [0.29, 0.717) is 24.3 Å². The zero-order valence-corrected chi connectivity index (χ0v) is 16.4. The van der Waals surface area contributed by atoms with Crippen molar-refractivity contribution in [3.8, 4) is 0 Å². The summed E-state index contributed by atoms with van der Waals surface area (Å²) >= 11 is 0. The zero-order valence-electron chi connectivity index (χ0n) is 16.4. The molecule has 0 N–H and O–H groups in total. The van der Waals surface area contributed by atoms with Gasteiger partial charge in [0.2, 0.25) is 0 Å². The van der Waals surface area contributed by atoms with Gasteiger partial charge in [-0.2, -0.15) is 0 Å². The number of carbonyl (C=O) groups excluding carboxylic acids is 2. The van der Waals surface area contributed by atoms with E-state index >= 15 is 0 Å². The van der Waals surface area contributed by atoms with Crippen LogP contribution in [-0.2, 0) is 9.47 Å². The first-order valence-corrected chi connectivity index (χ1v) is 10.4. The molecule has 4 bridgehead atoms. The van der Waals surface area contributed by atoms with Crippen LogP contribution in [0.3, 0.4) is 0 Å². The average molecular weight is 370 g/mol. The molecule has 0 spiro atoms. The molecule has 146 valence electrons. The predicted molar refractivity (Wildman–Crippen MR) is 102 cm³/mol. The van der Waals surface area contributed by atoms with E-state index in [2.05, 4.69) is 0 Å². The van der Waals surface area contributed by atoms with Crippen molar-refractivity contribution in [2.45, 2.75) is 52.4 Å². The maximum Gasteiger partial charge on any atom is 0.338 e. The van der Waals surface area contributed by atoms with Crippen LogP contribution in [0.1, 0.15) is 73.1 Å². The highest BCUT2D eigenvalue weighted by atomic mass is 16.5. The van der Waals surface area contributed by atoms with Crippen LogP contribution >= 0.6 is 0 Å².